The molecule has 0 fully saturated rings. The van der Waals surface area contributed by atoms with Crippen LogP contribution in [0, 0.1) is 0 Å². The number of ether oxygens (including phenoxy) is 2. The Hall–Kier alpha value is -1.89. The summed E-state index contributed by atoms with van der Waals surface area (Å²) in [5.74, 6) is 1.37. The van der Waals surface area contributed by atoms with Crippen LogP contribution in [0.4, 0.5) is 0 Å². The van der Waals surface area contributed by atoms with E-state index in [1.807, 2.05) is 35.7 Å². The lowest BCUT2D eigenvalue weighted by atomic mass is 10.0. The van der Waals surface area contributed by atoms with Crippen molar-refractivity contribution in [2.24, 2.45) is 5.73 Å². The predicted octanol–water partition coefficient (Wildman–Crippen LogP) is 4.74. The van der Waals surface area contributed by atoms with Gasteiger partial charge in [-0.25, -0.2) is 0 Å². The van der Waals surface area contributed by atoms with Gasteiger partial charge in [-0.3, -0.25) is 4.98 Å². The van der Waals surface area contributed by atoms with Gasteiger partial charge in [-0.1, -0.05) is 12.1 Å². The summed E-state index contributed by atoms with van der Waals surface area (Å²) in [5.41, 5.74) is 8.40. The van der Waals surface area contributed by atoms with Crippen LogP contribution in [0.2, 0.25) is 0 Å². The Bertz CT molecular complexity index is 810. The van der Waals surface area contributed by atoms with Crippen molar-refractivity contribution in [2.75, 3.05) is 7.11 Å². The Morgan fingerprint density at radius 1 is 1.24 bits per heavy atom. The van der Waals surface area contributed by atoms with Gasteiger partial charge in [0.15, 0.2) is 11.5 Å². The molecule has 3 rings (SSSR count). The topological polar surface area (TPSA) is 57.4 Å². The zero-order chi connectivity index (χ0) is 17.6. The molecule has 4 nitrogen and oxygen atoms in total. The molecule has 0 spiro atoms. The summed E-state index contributed by atoms with van der Waals surface area (Å²) in [6.07, 6.45) is 4.26. The molecule has 1 unspecified atom stereocenters. The summed E-state index contributed by atoms with van der Waals surface area (Å²) in [6, 6.07) is 11.9. The van der Waals surface area contributed by atoms with Gasteiger partial charge in [0.1, 0.15) is 6.61 Å². The molecule has 1 aromatic carbocycles. The number of thiophene rings is 1. The highest BCUT2D eigenvalue weighted by molar-refractivity contribution is 9.10. The average Bonchev–Trinajstić information content (AvgIpc) is 3.16. The highest BCUT2D eigenvalue weighted by Crippen LogP contribution is 2.38. The van der Waals surface area contributed by atoms with Crippen molar-refractivity contribution in [3.63, 3.8) is 0 Å². The first kappa shape index (κ1) is 17.9. The maximum Gasteiger partial charge on any atom is 0.175 e. The molecule has 3 aromatic rings. The number of nitrogens with zero attached hydrogens (tertiary/aromatic N) is 1. The number of aromatic nitrogens is 1. The van der Waals surface area contributed by atoms with Gasteiger partial charge in [0, 0.05) is 28.9 Å². The first-order chi connectivity index (χ1) is 12.2. The van der Waals surface area contributed by atoms with Gasteiger partial charge in [-0.05, 0) is 57.6 Å². The van der Waals surface area contributed by atoms with E-state index in [1.165, 1.54) is 4.88 Å². The fourth-order valence-corrected chi connectivity index (χ4v) is 3.86. The maximum absolute atomic E-state index is 6.30. The molecule has 2 N–H and O–H groups in total. The van der Waals surface area contributed by atoms with Gasteiger partial charge < -0.3 is 15.2 Å². The van der Waals surface area contributed by atoms with Gasteiger partial charge in [-0.2, -0.15) is 0 Å². The molecule has 2 heterocycles. The van der Waals surface area contributed by atoms with Crippen LogP contribution in [0.3, 0.4) is 0 Å². The molecule has 0 bridgehead atoms. The number of nitrogens with two attached hydrogens (primary N) is 1. The minimum Gasteiger partial charge on any atom is -0.493 e. The second-order valence-corrected chi connectivity index (χ2v) is 7.42. The molecule has 0 saturated carbocycles. The van der Waals surface area contributed by atoms with E-state index in [9.17, 15) is 0 Å². The van der Waals surface area contributed by atoms with Gasteiger partial charge in [-0.15, -0.1) is 11.3 Å². The lowest BCUT2D eigenvalue weighted by molar-refractivity contribution is 0.282. The number of methoxy groups -OCH3 is 1. The molecule has 0 aliphatic rings. The third-order valence-electron chi connectivity index (χ3n) is 3.76. The fraction of sp³-hybridized carbons (Fsp3) is 0.211. The first-order valence-corrected chi connectivity index (χ1v) is 9.51. The number of hydrogen-bond acceptors (Lipinski definition) is 5. The summed E-state index contributed by atoms with van der Waals surface area (Å²) in [4.78, 5) is 5.27. The molecular formula is C19H19BrN2O2S. The van der Waals surface area contributed by atoms with Crippen LogP contribution >= 0.6 is 27.3 Å². The van der Waals surface area contributed by atoms with Crippen LogP contribution < -0.4 is 15.2 Å². The van der Waals surface area contributed by atoms with Crippen LogP contribution in [-0.2, 0) is 13.0 Å². The molecule has 0 aliphatic carbocycles. The van der Waals surface area contributed by atoms with Crippen molar-refractivity contribution >= 4 is 27.3 Å². The third-order valence-corrected chi connectivity index (χ3v) is 5.35. The summed E-state index contributed by atoms with van der Waals surface area (Å²) >= 11 is 5.27. The molecule has 0 saturated heterocycles. The van der Waals surface area contributed by atoms with Crippen LogP contribution in [0.1, 0.15) is 22.0 Å². The zero-order valence-electron chi connectivity index (χ0n) is 13.8. The second-order valence-electron chi connectivity index (χ2n) is 5.59. The van der Waals surface area contributed by atoms with Crippen molar-refractivity contribution in [3.8, 4) is 11.5 Å². The number of pyridine rings is 1. The van der Waals surface area contributed by atoms with Gasteiger partial charge in [0.05, 0.1) is 11.6 Å². The van der Waals surface area contributed by atoms with Crippen molar-refractivity contribution in [1.29, 1.82) is 0 Å². The Labute approximate surface area is 159 Å². The Morgan fingerprint density at radius 3 is 2.80 bits per heavy atom. The normalized spacial score (nSPS) is 12.0. The summed E-state index contributed by atoms with van der Waals surface area (Å²) < 4.78 is 12.3. The van der Waals surface area contributed by atoms with Crippen molar-refractivity contribution in [2.45, 2.75) is 19.1 Å². The summed E-state index contributed by atoms with van der Waals surface area (Å²) in [7, 11) is 1.64. The molecule has 6 heteroatoms. The molecule has 0 radical (unpaired) electrons. The minimum absolute atomic E-state index is 0.0289. The standard InChI is InChI=1S/C19H19BrN2O2S/c1-23-17-10-14(9-16(21)18-5-3-7-25-18)8-15(20)19(17)24-12-13-4-2-6-22-11-13/h2-8,10-11,16H,9,12,21H2,1H3. The van der Waals surface area contributed by atoms with E-state index >= 15 is 0 Å². The Kier molecular flexibility index (Phi) is 6.07. The van der Waals surface area contributed by atoms with Crippen molar-refractivity contribution in [1.82, 2.24) is 4.98 Å². The van der Waals surface area contributed by atoms with Crippen LogP contribution in [-0.4, -0.2) is 12.1 Å². The fourth-order valence-electron chi connectivity index (χ4n) is 2.53. The molecule has 130 valence electrons. The highest BCUT2D eigenvalue weighted by atomic mass is 79.9. The van der Waals surface area contributed by atoms with E-state index in [0.717, 1.165) is 22.0 Å². The van der Waals surface area contributed by atoms with E-state index in [-0.39, 0.29) is 6.04 Å². The lowest BCUT2D eigenvalue weighted by Crippen LogP contribution is -2.12. The largest absolute Gasteiger partial charge is 0.493 e. The van der Waals surface area contributed by atoms with Gasteiger partial charge >= 0.3 is 0 Å². The molecule has 0 amide bonds. The molecule has 25 heavy (non-hydrogen) atoms. The molecule has 2 aromatic heterocycles. The number of halogens is 1. The Morgan fingerprint density at radius 2 is 2.12 bits per heavy atom. The minimum atomic E-state index is -0.0289. The monoisotopic (exact) mass is 418 g/mol. The third kappa shape index (κ3) is 4.60. The summed E-state index contributed by atoms with van der Waals surface area (Å²) in [5, 5.41) is 2.04. The average molecular weight is 419 g/mol. The van der Waals surface area contributed by atoms with Crippen LogP contribution in [0.25, 0.3) is 0 Å². The van der Waals surface area contributed by atoms with Gasteiger partial charge in [0.2, 0.25) is 0 Å². The van der Waals surface area contributed by atoms with Gasteiger partial charge in [0.25, 0.3) is 0 Å². The molecular weight excluding hydrogens is 400 g/mol. The van der Waals surface area contributed by atoms with E-state index in [0.29, 0.717) is 18.1 Å². The van der Waals surface area contributed by atoms with E-state index in [1.54, 1.807) is 30.8 Å². The summed E-state index contributed by atoms with van der Waals surface area (Å²) in [6.45, 7) is 0.427. The number of hydrogen-bond donors (Lipinski definition) is 1. The number of benzene rings is 1. The van der Waals surface area contributed by atoms with Crippen LogP contribution in [0.15, 0.2) is 58.6 Å². The molecule has 1 atom stereocenters. The SMILES string of the molecule is COc1cc(CC(N)c2cccs2)cc(Br)c1OCc1cccnc1. The maximum atomic E-state index is 6.30. The quantitative estimate of drug-likeness (QED) is 0.601. The lowest BCUT2D eigenvalue weighted by Gasteiger charge is -2.16. The molecule has 0 aliphatic heterocycles. The number of rotatable bonds is 7. The Balaban J connectivity index is 1.76. The van der Waals surface area contributed by atoms with Crippen LogP contribution in [0.5, 0.6) is 11.5 Å². The second kappa shape index (κ2) is 8.47. The smallest absolute Gasteiger partial charge is 0.175 e. The van der Waals surface area contributed by atoms with E-state index < -0.39 is 0 Å². The predicted molar refractivity (Wildman–Crippen MR) is 104 cm³/mol. The van der Waals surface area contributed by atoms with Crippen molar-refractivity contribution in [3.05, 3.63) is 74.6 Å². The van der Waals surface area contributed by atoms with Crippen molar-refractivity contribution < 1.29 is 9.47 Å². The van der Waals surface area contributed by atoms with E-state index in [2.05, 4.69) is 27.0 Å². The highest BCUT2D eigenvalue weighted by Gasteiger charge is 2.15. The van der Waals surface area contributed by atoms with E-state index in [4.69, 9.17) is 15.2 Å². The zero-order valence-corrected chi connectivity index (χ0v) is 16.2. The first-order valence-electron chi connectivity index (χ1n) is 7.84.